The lowest BCUT2D eigenvalue weighted by atomic mass is 10.2. The molecule has 0 saturated carbocycles. The summed E-state index contributed by atoms with van der Waals surface area (Å²) in [7, 11) is 1.58. The molecule has 3 rings (SSSR count). The van der Waals surface area contributed by atoms with Crippen LogP contribution in [0.4, 0.5) is 16.2 Å². The van der Waals surface area contributed by atoms with E-state index in [1.807, 2.05) is 25.1 Å². The Hall–Kier alpha value is -3.22. The maximum atomic E-state index is 12.3. The van der Waals surface area contributed by atoms with Crippen LogP contribution in [0.3, 0.4) is 0 Å². The highest BCUT2D eigenvalue weighted by atomic mass is 16.5. The van der Waals surface area contributed by atoms with Gasteiger partial charge < -0.3 is 25.0 Å². The number of hydrogen-bond donors (Lipinski definition) is 2. The predicted molar refractivity (Wildman–Crippen MR) is 104 cm³/mol. The summed E-state index contributed by atoms with van der Waals surface area (Å²) in [6.45, 7) is 2.92. The lowest BCUT2D eigenvalue weighted by Gasteiger charge is -2.18. The number of benzene rings is 2. The van der Waals surface area contributed by atoms with Crippen molar-refractivity contribution in [3.63, 3.8) is 0 Å². The van der Waals surface area contributed by atoms with Gasteiger partial charge in [0.25, 0.3) is 0 Å². The van der Waals surface area contributed by atoms with Crippen LogP contribution < -0.4 is 25.0 Å². The lowest BCUT2D eigenvalue weighted by molar-refractivity contribution is -0.117. The van der Waals surface area contributed by atoms with Crippen molar-refractivity contribution in [3.8, 4) is 11.5 Å². The zero-order valence-electron chi connectivity index (χ0n) is 15.4. The Morgan fingerprint density at radius 3 is 2.67 bits per heavy atom. The van der Waals surface area contributed by atoms with Crippen LogP contribution in [0.1, 0.15) is 13.3 Å². The van der Waals surface area contributed by atoms with Crippen molar-refractivity contribution in [1.29, 1.82) is 0 Å². The Labute approximate surface area is 158 Å². The van der Waals surface area contributed by atoms with Crippen molar-refractivity contribution < 1.29 is 19.1 Å². The third kappa shape index (κ3) is 4.69. The van der Waals surface area contributed by atoms with Crippen LogP contribution in [0.2, 0.25) is 0 Å². The number of nitrogens with one attached hydrogen (secondary N) is 2. The van der Waals surface area contributed by atoms with Gasteiger partial charge in [0.05, 0.1) is 19.8 Å². The Balaban J connectivity index is 1.56. The van der Waals surface area contributed by atoms with Gasteiger partial charge in [-0.2, -0.15) is 0 Å². The average Bonchev–Trinajstić information content (AvgIpc) is 3.03. The van der Waals surface area contributed by atoms with Crippen LogP contribution >= 0.6 is 0 Å². The third-order valence-corrected chi connectivity index (χ3v) is 4.25. The average molecular weight is 369 g/mol. The molecule has 2 aromatic rings. The van der Waals surface area contributed by atoms with Crippen LogP contribution in [-0.4, -0.2) is 38.2 Å². The highest BCUT2D eigenvalue weighted by molar-refractivity contribution is 5.97. The zero-order chi connectivity index (χ0) is 19.2. The topological polar surface area (TPSA) is 79.9 Å². The number of nitrogens with zero attached hydrogens (tertiary/aromatic N) is 1. The Morgan fingerprint density at radius 2 is 1.96 bits per heavy atom. The van der Waals surface area contributed by atoms with Gasteiger partial charge in [-0.05, 0) is 43.3 Å². The van der Waals surface area contributed by atoms with E-state index in [0.29, 0.717) is 24.6 Å². The molecule has 0 aromatic heterocycles. The second-order valence-electron chi connectivity index (χ2n) is 6.16. The van der Waals surface area contributed by atoms with E-state index in [4.69, 9.17) is 9.47 Å². The van der Waals surface area contributed by atoms with Gasteiger partial charge in [-0.25, -0.2) is 4.79 Å². The van der Waals surface area contributed by atoms with Gasteiger partial charge in [0.2, 0.25) is 5.91 Å². The minimum absolute atomic E-state index is 0.0328. The summed E-state index contributed by atoms with van der Waals surface area (Å²) in [5, 5.41) is 5.62. The van der Waals surface area contributed by atoms with Crippen LogP contribution in [0.15, 0.2) is 48.5 Å². The molecule has 1 aliphatic rings. The first kappa shape index (κ1) is 18.6. The molecule has 27 heavy (non-hydrogen) atoms. The van der Waals surface area contributed by atoms with Gasteiger partial charge in [-0.15, -0.1) is 0 Å². The van der Waals surface area contributed by atoms with Gasteiger partial charge in [0.15, 0.2) is 0 Å². The Bertz CT molecular complexity index is 807. The Morgan fingerprint density at radius 1 is 1.19 bits per heavy atom. The molecule has 0 unspecified atom stereocenters. The molecule has 2 N–H and O–H groups in total. The van der Waals surface area contributed by atoms with Crippen molar-refractivity contribution >= 4 is 23.3 Å². The Kier molecular flexibility index (Phi) is 5.80. The summed E-state index contributed by atoms with van der Waals surface area (Å²) in [5.41, 5.74) is 1.42. The first-order valence-corrected chi connectivity index (χ1v) is 8.84. The second kappa shape index (κ2) is 8.44. The van der Waals surface area contributed by atoms with E-state index in [1.165, 1.54) is 0 Å². The van der Waals surface area contributed by atoms with Gasteiger partial charge in [-0.1, -0.05) is 6.07 Å². The maximum absolute atomic E-state index is 12.3. The SMILES string of the molecule is CCOc1ccc(NC(=O)N[C@@H]2CC(=O)N(c3cccc(OC)c3)C2)cc1. The van der Waals surface area contributed by atoms with E-state index < -0.39 is 0 Å². The molecule has 2 aromatic carbocycles. The molecule has 1 atom stereocenters. The van der Waals surface area contributed by atoms with Crippen LogP contribution in [-0.2, 0) is 4.79 Å². The van der Waals surface area contributed by atoms with Crippen molar-refractivity contribution in [1.82, 2.24) is 5.32 Å². The molecular weight excluding hydrogens is 346 g/mol. The summed E-state index contributed by atoms with van der Waals surface area (Å²) < 4.78 is 10.6. The van der Waals surface area contributed by atoms with E-state index in [2.05, 4.69) is 10.6 Å². The maximum Gasteiger partial charge on any atom is 0.319 e. The fourth-order valence-corrected chi connectivity index (χ4v) is 2.99. The summed E-state index contributed by atoms with van der Waals surface area (Å²) >= 11 is 0. The van der Waals surface area contributed by atoms with Gasteiger partial charge in [0.1, 0.15) is 11.5 Å². The fourth-order valence-electron chi connectivity index (χ4n) is 2.99. The third-order valence-electron chi connectivity index (χ3n) is 4.25. The van der Waals surface area contributed by atoms with Gasteiger partial charge in [0, 0.05) is 30.4 Å². The van der Waals surface area contributed by atoms with Crippen molar-refractivity contribution in [2.24, 2.45) is 0 Å². The quantitative estimate of drug-likeness (QED) is 0.820. The van der Waals surface area contributed by atoms with E-state index in [-0.39, 0.29) is 24.4 Å². The molecule has 0 spiro atoms. The predicted octanol–water partition coefficient (Wildman–Crippen LogP) is 3.02. The van der Waals surface area contributed by atoms with Crippen LogP contribution in [0.25, 0.3) is 0 Å². The van der Waals surface area contributed by atoms with Crippen molar-refractivity contribution in [2.45, 2.75) is 19.4 Å². The smallest absolute Gasteiger partial charge is 0.319 e. The number of urea groups is 1. The molecule has 1 fully saturated rings. The molecule has 7 heteroatoms. The fraction of sp³-hybridized carbons (Fsp3) is 0.300. The number of hydrogen-bond acceptors (Lipinski definition) is 4. The van der Waals surface area contributed by atoms with Crippen molar-refractivity contribution in [3.05, 3.63) is 48.5 Å². The molecule has 7 nitrogen and oxygen atoms in total. The number of carbonyl (C=O) groups excluding carboxylic acids is 2. The number of ether oxygens (including phenoxy) is 2. The number of rotatable bonds is 6. The molecule has 142 valence electrons. The number of anilines is 2. The van der Waals surface area contributed by atoms with E-state index in [9.17, 15) is 9.59 Å². The van der Waals surface area contributed by atoms with Crippen LogP contribution in [0, 0.1) is 0 Å². The molecular formula is C20H23N3O4. The standard InChI is InChI=1S/C20H23N3O4/c1-3-27-17-9-7-14(8-10-17)21-20(25)22-15-11-19(24)23(13-15)16-5-4-6-18(12-16)26-2/h4-10,12,15H,3,11,13H2,1-2H3,(H2,21,22,25)/t15-/m1/s1. The summed E-state index contributed by atoms with van der Waals surface area (Å²) in [6, 6.07) is 13.8. The number of carbonyl (C=O) groups is 2. The van der Waals surface area contributed by atoms with Crippen LogP contribution in [0.5, 0.6) is 11.5 Å². The summed E-state index contributed by atoms with van der Waals surface area (Å²) in [6.07, 6.45) is 0.258. The normalized spacial score (nSPS) is 16.1. The minimum Gasteiger partial charge on any atom is -0.497 e. The number of amides is 3. The zero-order valence-corrected chi connectivity index (χ0v) is 15.4. The molecule has 0 aliphatic carbocycles. The van der Waals surface area contributed by atoms with E-state index >= 15 is 0 Å². The highest BCUT2D eigenvalue weighted by Gasteiger charge is 2.31. The molecule has 0 bridgehead atoms. The van der Waals surface area contributed by atoms with E-state index in [1.54, 1.807) is 42.3 Å². The monoisotopic (exact) mass is 369 g/mol. The molecule has 1 heterocycles. The van der Waals surface area contributed by atoms with Gasteiger partial charge >= 0.3 is 6.03 Å². The molecule has 0 radical (unpaired) electrons. The highest BCUT2D eigenvalue weighted by Crippen LogP contribution is 2.25. The van der Waals surface area contributed by atoms with Crippen molar-refractivity contribution in [2.75, 3.05) is 30.5 Å². The lowest BCUT2D eigenvalue weighted by Crippen LogP contribution is -2.39. The van der Waals surface area contributed by atoms with Gasteiger partial charge in [-0.3, -0.25) is 4.79 Å². The summed E-state index contributed by atoms with van der Waals surface area (Å²) in [4.78, 5) is 26.2. The first-order valence-electron chi connectivity index (χ1n) is 8.84. The largest absolute Gasteiger partial charge is 0.497 e. The molecule has 1 aliphatic heterocycles. The number of methoxy groups -OCH3 is 1. The summed E-state index contributed by atoms with van der Waals surface area (Å²) in [5.74, 6) is 1.40. The van der Waals surface area contributed by atoms with E-state index in [0.717, 1.165) is 11.4 Å². The molecule has 1 saturated heterocycles. The molecule has 3 amide bonds. The second-order valence-corrected chi connectivity index (χ2v) is 6.16. The first-order chi connectivity index (χ1) is 13.1. The minimum atomic E-state index is -0.343.